The molecular formula is C25H17ClN2O3. The molecule has 2 atom stereocenters. The van der Waals surface area contributed by atoms with Gasteiger partial charge in [0, 0.05) is 22.4 Å². The van der Waals surface area contributed by atoms with Crippen molar-refractivity contribution in [3.63, 3.8) is 0 Å². The highest BCUT2D eigenvalue weighted by atomic mass is 35.5. The average molecular weight is 429 g/mol. The summed E-state index contributed by atoms with van der Waals surface area (Å²) >= 11 is 5.89. The molecule has 0 spiro atoms. The molecule has 1 saturated heterocycles. The zero-order chi connectivity index (χ0) is 21.3. The Morgan fingerprint density at radius 1 is 0.710 bits per heavy atom. The number of hydrazine groups is 1. The van der Waals surface area contributed by atoms with Crippen molar-refractivity contribution in [2.45, 2.75) is 11.8 Å². The van der Waals surface area contributed by atoms with Crippen LogP contribution in [0.3, 0.4) is 0 Å². The molecule has 0 radical (unpaired) electrons. The Morgan fingerprint density at radius 3 is 1.55 bits per heavy atom. The number of nitrogens with one attached hydrogen (secondary N) is 1. The first-order chi connectivity index (χ1) is 15.1. The quantitative estimate of drug-likeness (QED) is 0.630. The maximum Gasteiger partial charge on any atom is 0.270 e. The molecule has 6 heteroatoms. The lowest BCUT2D eigenvalue weighted by molar-refractivity contribution is -0.142. The van der Waals surface area contributed by atoms with E-state index in [-0.39, 0.29) is 23.7 Å². The molecule has 7 rings (SSSR count). The van der Waals surface area contributed by atoms with Crippen LogP contribution in [-0.2, 0) is 9.59 Å². The fraction of sp³-hybridized carbons (Fsp3) is 0.160. The smallest absolute Gasteiger partial charge is 0.270 e. The van der Waals surface area contributed by atoms with Gasteiger partial charge in [0.25, 0.3) is 17.7 Å². The molecule has 1 heterocycles. The van der Waals surface area contributed by atoms with E-state index in [1.165, 1.54) is 0 Å². The SMILES string of the molecule is O=C(NN1C(=O)[C@@H]2C3c4ccccc4C(c4ccccc43)[C@@H]2C1=O)c1ccc(Cl)cc1. The molecule has 0 aromatic heterocycles. The number of imide groups is 1. The summed E-state index contributed by atoms with van der Waals surface area (Å²) in [5.74, 6) is -2.65. The van der Waals surface area contributed by atoms with E-state index in [2.05, 4.69) is 5.43 Å². The van der Waals surface area contributed by atoms with Crippen molar-refractivity contribution >= 4 is 29.3 Å². The maximum absolute atomic E-state index is 13.4. The Hall–Kier alpha value is -3.44. The van der Waals surface area contributed by atoms with E-state index in [0.29, 0.717) is 10.6 Å². The summed E-state index contributed by atoms with van der Waals surface area (Å²) in [5, 5.41) is 1.44. The topological polar surface area (TPSA) is 66.5 Å². The van der Waals surface area contributed by atoms with Crippen molar-refractivity contribution < 1.29 is 14.4 Å². The molecule has 3 aromatic rings. The zero-order valence-corrected chi connectivity index (χ0v) is 17.0. The van der Waals surface area contributed by atoms with Crippen molar-refractivity contribution in [2.24, 2.45) is 11.8 Å². The third-order valence-corrected chi connectivity index (χ3v) is 7.02. The lowest BCUT2D eigenvalue weighted by Crippen LogP contribution is -2.46. The van der Waals surface area contributed by atoms with Crippen LogP contribution < -0.4 is 5.43 Å². The highest BCUT2D eigenvalue weighted by Gasteiger charge is 2.62. The van der Waals surface area contributed by atoms with E-state index < -0.39 is 17.7 Å². The van der Waals surface area contributed by atoms with Gasteiger partial charge in [0.2, 0.25) is 0 Å². The van der Waals surface area contributed by atoms with Gasteiger partial charge in [-0.15, -0.1) is 0 Å². The zero-order valence-electron chi connectivity index (χ0n) is 16.3. The van der Waals surface area contributed by atoms with Gasteiger partial charge in [-0.05, 0) is 46.5 Å². The molecule has 2 bridgehead atoms. The van der Waals surface area contributed by atoms with Crippen LogP contribution in [0.4, 0.5) is 0 Å². The minimum absolute atomic E-state index is 0.198. The molecular weight excluding hydrogens is 412 g/mol. The molecule has 3 aliphatic carbocycles. The number of carbonyl (C=O) groups excluding carboxylic acids is 3. The number of hydrogen-bond acceptors (Lipinski definition) is 3. The van der Waals surface area contributed by atoms with Crippen LogP contribution in [0.1, 0.15) is 44.4 Å². The number of rotatable bonds is 2. The highest BCUT2D eigenvalue weighted by molar-refractivity contribution is 6.30. The predicted octanol–water partition coefficient (Wildman–Crippen LogP) is 3.88. The third kappa shape index (κ3) is 2.47. The summed E-state index contributed by atoms with van der Waals surface area (Å²) in [4.78, 5) is 39.6. The van der Waals surface area contributed by atoms with Crippen LogP contribution in [0.5, 0.6) is 0 Å². The minimum Gasteiger partial charge on any atom is -0.272 e. The molecule has 0 saturated carbocycles. The monoisotopic (exact) mass is 428 g/mol. The van der Waals surface area contributed by atoms with Gasteiger partial charge in [0.05, 0.1) is 11.8 Å². The summed E-state index contributed by atoms with van der Waals surface area (Å²) in [5.41, 5.74) is 7.26. The summed E-state index contributed by atoms with van der Waals surface area (Å²) in [6, 6.07) is 22.4. The number of halogens is 1. The van der Waals surface area contributed by atoms with Gasteiger partial charge in [-0.1, -0.05) is 60.1 Å². The van der Waals surface area contributed by atoms with Crippen molar-refractivity contribution in [3.05, 3.63) is 106 Å². The van der Waals surface area contributed by atoms with Crippen molar-refractivity contribution in [1.82, 2.24) is 10.4 Å². The lowest BCUT2D eigenvalue weighted by atomic mass is 9.55. The minimum atomic E-state index is -0.521. The fourth-order valence-electron chi connectivity index (χ4n) is 5.55. The van der Waals surface area contributed by atoms with Crippen LogP contribution >= 0.6 is 11.6 Å². The Kier molecular flexibility index (Phi) is 3.86. The van der Waals surface area contributed by atoms with Gasteiger partial charge in [-0.3, -0.25) is 19.8 Å². The Balaban J connectivity index is 1.41. The van der Waals surface area contributed by atoms with Gasteiger partial charge in [-0.2, -0.15) is 5.01 Å². The van der Waals surface area contributed by atoms with Crippen LogP contribution in [0.25, 0.3) is 0 Å². The molecule has 3 amide bonds. The molecule has 1 aliphatic heterocycles. The predicted molar refractivity (Wildman–Crippen MR) is 114 cm³/mol. The first-order valence-electron chi connectivity index (χ1n) is 10.2. The fourth-order valence-corrected chi connectivity index (χ4v) is 5.68. The molecule has 1 fully saturated rings. The molecule has 152 valence electrons. The van der Waals surface area contributed by atoms with E-state index >= 15 is 0 Å². The largest absolute Gasteiger partial charge is 0.272 e. The number of amides is 3. The first kappa shape index (κ1) is 18.3. The Morgan fingerprint density at radius 2 is 1.13 bits per heavy atom. The number of hydrogen-bond donors (Lipinski definition) is 1. The third-order valence-electron chi connectivity index (χ3n) is 6.77. The van der Waals surface area contributed by atoms with Crippen LogP contribution in [-0.4, -0.2) is 22.7 Å². The number of benzene rings is 3. The molecule has 4 aliphatic rings. The Bertz CT molecular complexity index is 1150. The van der Waals surface area contributed by atoms with Gasteiger partial charge in [0.1, 0.15) is 0 Å². The number of nitrogens with zero attached hydrogens (tertiary/aromatic N) is 1. The second-order valence-corrected chi connectivity index (χ2v) is 8.66. The summed E-state index contributed by atoms with van der Waals surface area (Å²) in [6.45, 7) is 0. The van der Waals surface area contributed by atoms with E-state index in [4.69, 9.17) is 11.6 Å². The van der Waals surface area contributed by atoms with Gasteiger partial charge in [0.15, 0.2) is 0 Å². The van der Waals surface area contributed by atoms with Crippen molar-refractivity contribution in [2.75, 3.05) is 0 Å². The van der Waals surface area contributed by atoms with E-state index in [1.54, 1.807) is 24.3 Å². The van der Waals surface area contributed by atoms with E-state index in [1.807, 2.05) is 48.5 Å². The van der Waals surface area contributed by atoms with Crippen LogP contribution in [0.15, 0.2) is 72.8 Å². The molecule has 31 heavy (non-hydrogen) atoms. The molecule has 0 unspecified atom stereocenters. The first-order valence-corrected chi connectivity index (χ1v) is 10.6. The average Bonchev–Trinajstić information content (AvgIpc) is 3.05. The van der Waals surface area contributed by atoms with Crippen molar-refractivity contribution in [1.29, 1.82) is 0 Å². The normalized spacial score (nSPS) is 25.1. The van der Waals surface area contributed by atoms with Crippen molar-refractivity contribution in [3.8, 4) is 0 Å². The lowest BCUT2D eigenvalue weighted by Gasteiger charge is -2.45. The van der Waals surface area contributed by atoms with Crippen LogP contribution in [0, 0.1) is 11.8 Å². The molecule has 3 aromatic carbocycles. The molecule has 1 N–H and O–H groups in total. The Labute approximate surface area is 183 Å². The highest BCUT2D eigenvalue weighted by Crippen LogP contribution is 2.60. The summed E-state index contributed by atoms with van der Waals surface area (Å²) in [7, 11) is 0. The van der Waals surface area contributed by atoms with E-state index in [0.717, 1.165) is 27.3 Å². The number of carbonyl (C=O) groups is 3. The summed E-state index contributed by atoms with van der Waals surface area (Å²) in [6.07, 6.45) is 0. The van der Waals surface area contributed by atoms with E-state index in [9.17, 15) is 14.4 Å². The van der Waals surface area contributed by atoms with Gasteiger partial charge in [-0.25, -0.2) is 0 Å². The maximum atomic E-state index is 13.4. The second-order valence-electron chi connectivity index (χ2n) is 8.22. The van der Waals surface area contributed by atoms with Gasteiger partial charge >= 0.3 is 0 Å². The molecule has 5 nitrogen and oxygen atoms in total. The standard InChI is InChI=1S/C25H17ClN2O3/c26-14-11-9-13(10-12-14)23(29)27-28-24(30)21-19-15-5-1-2-6-16(15)20(22(21)25(28)31)18-8-4-3-7-17(18)19/h1-12,19-22H,(H,27,29)/t19?,20?,21-,22+. The van der Waals surface area contributed by atoms with Crippen LogP contribution in [0.2, 0.25) is 5.02 Å². The van der Waals surface area contributed by atoms with Gasteiger partial charge < -0.3 is 0 Å². The second kappa shape index (κ2) is 6.53. The summed E-state index contributed by atoms with van der Waals surface area (Å²) < 4.78 is 0.